The van der Waals surface area contributed by atoms with Crippen LogP contribution >= 0.6 is 23.8 Å². The fourth-order valence-corrected chi connectivity index (χ4v) is 3.87. The van der Waals surface area contributed by atoms with Crippen LogP contribution in [0.4, 0.5) is 0 Å². The number of halogens is 1. The monoisotopic (exact) mass is 410 g/mol. The van der Waals surface area contributed by atoms with Crippen LogP contribution in [0.5, 0.6) is 0 Å². The topological polar surface area (TPSA) is 89.3 Å². The molecule has 0 bridgehead atoms. The van der Waals surface area contributed by atoms with Gasteiger partial charge in [-0.25, -0.2) is 8.42 Å². The van der Waals surface area contributed by atoms with E-state index in [4.69, 9.17) is 17.3 Å². The van der Waals surface area contributed by atoms with Crippen molar-refractivity contribution >= 4 is 44.7 Å². The van der Waals surface area contributed by atoms with E-state index in [1.165, 1.54) is 0 Å². The first kappa shape index (κ1) is 20.4. The zero-order valence-corrected chi connectivity index (χ0v) is 16.3. The smallest absolute Gasteiger partial charge is 0.226 e. The molecule has 0 aliphatic heterocycles. The lowest BCUT2D eigenvalue weighted by Crippen LogP contribution is -2.34. The van der Waals surface area contributed by atoms with Gasteiger partial charge in [0.05, 0.1) is 10.6 Å². The lowest BCUT2D eigenvalue weighted by molar-refractivity contribution is -0.119. The van der Waals surface area contributed by atoms with Gasteiger partial charge in [0.25, 0.3) is 0 Å². The second-order valence-corrected chi connectivity index (χ2v) is 8.74. The van der Waals surface area contributed by atoms with Gasteiger partial charge in [-0.15, -0.1) is 0 Å². The van der Waals surface area contributed by atoms with Crippen molar-refractivity contribution in [3.63, 3.8) is 0 Å². The van der Waals surface area contributed by atoms with Crippen LogP contribution in [0.2, 0.25) is 5.02 Å². The van der Waals surface area contributed by atoms with E-state index in [1.54, 1.807) is 36.4 Å². The molecule has 1 amide bonds. The molecule has 8 heteroatoms. The Morgan fingerprint density at radius 3 is 2.12 bits per heavy atom. The molecule has 138 valence electrons. The quantitative estimate of drug-likeness (QED) is 0.685. The average Bonchev–Trinajstić information content (AvgIpc) is 2.59. The predicted octanol–water partition coefficient (Wildman–Crippen LogP) is 2.65. The van der Waals surface area contributed by atoms with Crippen molar-refractivity contribution in [1.29, 1.82) is 0 Å². The normalized spacial score (nSPS) is 11.1. The Morgan fingerprint density at radius 2 is 1.54 bits per heavy atom. The van der Waals surface area contributed by atoms with Crippen molar-refractivity contribution in [2.75, 3.05) is 5.75 Å². The van der Waals surface area contributed by atoms with E-state index < -0.39 is 9.84 Å². The molecule has 26 heavy (non-hydrogen) atoms. The largest absolute Gasteiger partial charge is 0.376 e. The summed E-state index contributed by atoms with van der Waals surface area (Å²) in [5, 5.41) is 2.91. The van der Waals surface area contributed by atoms with Crippen molar-refractivity contribution in [2.24, 2.45) is 5.73 Å². The van der Waals surface area contributed by atoms with Crippen LogP contribution < -0.4 is 11.1 Å². The zero-order chi connectivity index (χ0) is 19.2. The first-order chi connectivity index (χ1) is 12.3. The molecule has 0 heterocycles. The molecule has 0 unspecified atom stereocenters. The second-order valence-electron chi connectivity index (χ2n) is 5.75. The van der Waals surface area contributed by atoms with Crippen LogP contribution in [-0.4, -0.2) is 25.2 Å². The maximum absolute atomic E-state index is 12.5. The maximum atomic E-state index is 12.5. The Hall–Kier alpha value is -1.96. The summed E-state index contributed by atoms with van der Waals surface area (Å²) in [6.07, 6.45) is 1.11. The number of nitrogens with two attached hydrogens (primary N) is 1. The summed E-state index contributed by atoms with van der Waals surface area (Å²) < 4.78 is 24.9. The lowest BCUT2D eigenvalue weighted by Gasteiger charge is -2.07. The Labute approximate surface area is 163 Å². The fraction of sp³-hybridized carbons (Fsp3) is 0.222. The summed E-state index contributed by atoms with van der Waals surface area (Å²) in [6, 6.07) is 13.7. The Kier molecular flexibility index (Phi) is 7.14. The molecule has 0 fully saturated rings. The minimum Gasteiger partial charge on any atom is -0.376 e. The van der Waals surface area contributed by atoms with Crippen molar-refractivity contribution in [1.82, 2.24) is 5.32 Å². The number of thiocarbonyl (C=S) groups is 1. The molecular weight excluding hydrogens is 392 g/mol. The van der Waals surface area contributed by atoms with Crippen molar-refractivity contribution in [2.45, 2.75) is 24.2 Å². The number of hydrogen-bond donors (Lipinski definition) is 2. The third-order valence-electron chi connectivity index (χ3n) is 3.76. The SMILES string of the molecule is NC(=S)NC(=O)CCc1ccc(S(=O)(=O)CCc2ccc(Cl)cc2)cc1. The Balaban J connectivity index is 1.94. The minimum absolute atomic E-state index is 0.0182. The van der Waals surface area contributed by atoms with Crippen LogP contribution in [0.1, 0.15) is 17.5 Å². The van der Waals surface area contributed by atoms with Gasteiger partial charge in [0.2, 0.25) is 5.91 Å². The van der Waals surface area contributed by atoms with E-state index in [-0.39, 0.29) is 28.1 Å². The molecule has 0 spiro atoms. The van der Waals surface area contributed by atoms with Gasteiger partial charge in [-0.3, -0.25) is 4.79 Å². The summed E-state index contributed by atoms with van der Waals surface area (Å²) in [5.41, 5.74) is 7.01. The number of sulfone groups is 1. The van der Waals surface area contributed by atoms with Gasteiger partial charge < -0.3 is 11.1 Å². The summed E-state index contributed by atoms with van der Waals surface area (Å²) in [7, 11) is -3.38. The second kappa shape index (κ2) is 9.12. The van der Waals surface area contributed by atoms with E-state index in [9.17, 15) is 13.2 Å². The molecule has 0 aliphatic rings. The third kappa shape index (κ3) is 6.40. The van der Waals surface area contributed by atoms with Gasteiger partial charge in [0.15, 0.2) is 14.9 Å². The molecule has 0 atom stereocenters. The van der Waals surface area contributed by atoms with Crippen molar-refractivity contribution < 1.29 is 13.2 Å². The molecule has 5 nitrogen and oxygen atoms in total. The molecule has 0 aromatic heterocycles. The van der Waals surface area contributed by atoms with E-state index in [2.05, 4.69) is 17.5 Å². The first-order valence-electron chi connectivity index (χ1n) is 7.92. The summed E-state index contributed by atoms with van der Waals surface area (Å²) in [4.78, 5) is 11.8. The number of nitrogens with one attached hydrogen (secondary N) is 1. The molecule has 0 saturated heterocycles. The molecule has 0 radical (unpaired) electrons. The summed E-state index contributed by atoms with van der Waals surface area (Å²) in [6.45, 7) is 0. The number of carbonyl (C=O) groups excluding carboxylic acids is 1. The number of hydrogen-bond acceptors (Lipinski definition) is 4. The van der Waals surface area contributed by atoms with Crippen LogP contribution in [0.15, 0.2) is 53.4 Å². The highest BCUT2D eigenvalue weighted by Gasteiger charge is 2.14. The average molecular weight is 411 g/mol. The minimum atomic E-state index is -3.38. The predicted molar refractivity (Wildman–Crippen MR) is 107 cm³/mol. The van der Waals surface area contributed by atoms with Crippen LogP contribution in [0.25, 0.3) is 0 Å². The molecular formula is C18H19ClN2O3S2. The highest BCUT2D eigenvalue weighted by atomic mass is 35.5. The number of aryl methyl sites for hydroxylation is 2. The number of amides is 1. The molecule has 3 N–H and O–H groups in total. The van der Waals surface area contributed by atoms with E-state index >= 15 is 0 Å². The van der Waals surface area contributed by atoms with Gasteiger partial charge in [-0.05, 0) is 60.5 Å². The number of carbonyl (C=O) groups is 1. The van der Waals surface area contributed by atoms with Crippen molar-refractivity contribution in [3.05, 3.63) is 64.7 Å². The van der Waals surface area contributed by atoms with Crippen molar-refractivity contribution in [3.8, 4) is 0 Å². The van der Waals surface area contributed by atoms with Crippen LogP contribution in [0, 0.1) is 0 Å². The maximum Gasteiger partial charge on any atom is 0.226 e. The summed E-state index contributed by atoms with van der Waals surface area (Å²) >= 11 is 10.4. The van der Waals surface area contributed by atoms with E-state index in [0.29, 0.717) is 17.9 Å². The third-order valence-corrected chi connectivity index (χ3v) is 5.84. The Morgan fingerprint density at radius 1 is 1.00 bits per heavy atom. The first-order valence-corrected chi connectivity index (χ1v) is 10.4. The molecule has 2 aromatic carbocycles. The Bertz CT molecular complexity index is 880. The van der Waals surface area contributed by atoms with Crippen LogP contribution in [-0.2, 0) is 27.5 Å². The standard InChI is InChI=1S/C18H19ClN2O3S2/c19-15-6-1-14(2-7-15)11-12-26(23,24)16-8-3-13(4-9-16)5-10-17(22)21-18(20)25/h1-4,6-9H,5,10-12H2,(H3,20,21,22,25). The number of rotatable bonds is 7. The lowest BCUT2D eigenvalue weighted by atomic mass is 10.1. The highest BCUT2D eigenvalue weighted by Crippen LogP contribution is 2.16. The van der Waals surface area contributed by atoms with Gasteiger partial charge in [0.1, 0.15) is 0 Å². The highest BCUT2D eigenvalue weighted by molar-refractivity contribution is 7.91. The van der Waals surface area contributed by atoms with Crippen LogP contribution in [0.3, 0.4) is 0 Å². The van der Waals surface area contributed by atoms with Gasteiger partial charge in [-0.1, -0.05) is 35.9 Å². The van der Waals surface area contributed by atoms with Gasteiger partial charge in [-0.2, -0.15) is 0 Å². The molecule has 0 aliphatic carbocycles. The molecule has 2 rings (SSSR count). The van der Waals surface area contributed by atoms with E-state index in [0.717, 1.165) is 11.1 Å². The zero-order valence-electron chi connectivity index (χ0n) is 13.9. The van der Waals surface area contributed by atoms with Gasteiger partial charge in [0, 0.05) is 11.4 Å². The summed E-state index contributed by atoms with van der Waals surface area (Å²) in [5.74, 6) is -0.248. The molecule has 0 saturated carbocycles. The van der Waals surface area contributed by atoms with E-state index in [1.807, 2.05) is 12.1 Å². The molecule has 2 aromatic rings. The number of benzene rings is 2. The fourth-order valence-electron chi connectivity index (χ4n) is 2.34. The van der Waals surface area contributed by atoms with Gasteiger partial charge >= 0.3 is 0 Å².